The molecule has 1 saturated heterocycles. The van der Waals surface area contributed by atoms with Crippen LogP contribution in [0.3, 0.4) is 0 Å². The van der Waals surface area contributed by atoms with E-state index in [1.165, 1.54) is 11.1 Å². The first-order chi connectivity index (χ1) is 14.4. The summed E-state index contributed by atoms with van der Waals surface area (Å²) in [5.74, 6) is 0.957. The average molecular weight is 410 g/mol. The van der Waals surface area contributed by atoms with E-state index in [1.54, 1.807) is 12.4 Å². The Bertz CT molecular complexity index is 777. The van der Waals surface area contributed by atoms with Gasteiger partial charge in [-0.1, -0.05) is 45.0 Å². The van der Waals surface area contributed by atoms with E-state index in [2.05, 4.69) is 70.1 Å². The molecule has 0 spiro atoms. The Morgan fingerprint density at radius 3 is 2.33 bits per heavy atom. The molecule has 3 rings (SSSR count). The lowest BCUT2D eigenvalue weighted by Crippen LogP contribution is -2.47. The molecule has 2 heterocycles. The third-order valence-corrected chi connectivity index (χ3v) is 5.64. The van der Waals surface area contributed by atoms with Crippen molar-refractivity contribution in [3.63, 3.8) is 0 Å². The molecule has 1 aromatic heterocycles. The molecule has 0 atom stereocenters. The lowest BCUT2D eigenvalue weighted by atomic mass is 9.86. The first-order valence-electron chi connectivity index (χ1n) is 11.0. The molecule has 2 aromatic rings. The van der Waals surface area contributed by atoms with Gasteiger partial charge in [-0.15, -0.1) is 0 Å². The fourth-order valence-corrected chi connectivity index (χ4v) is 3.67. The standard InChI is InChI=1S/C24H35N5O/c1-24(2,3)21-9-6-20(7-10-21)8-11-22(30)25-14-5-15-28-16-18-29(19-17-28)23-26-12-4-13-27-23/h4,6-7,9-10,12-13H,5,8,11,14-19H2,1-3H3,(H,25,30). The second-order valence-electron chi connectivity index (χ2n) is 9.03. The van der Waals surface area contributed by atoms with E-state index in [1.807, 2.05) is 6.07 Å². The van der Waals surface area contributed by atoms with Crippen molar-refractivity contribution in [3.05, 3.63) is 53.9 Å². The molecule has 1 amide bonds. The molecule has 1 fully saturated rings. The third kappa shape index (κ3) is 6.80. The third-order valence-electron chi connectivity index (χ3n) is 5.64. The topological polar surface area (TPSA) is 61.4 Å². The fourth-order valence-electron chi connectivity index (χ4n) is 3.67. The molecular weight excluding hydrogens is 374 g/mol. The summed E-state index contributed by atoms with van der Waals surface area (Å²) in [4.78, 5) is 25.5. The Labute approximate surface area is 180 Å². The maximum Gasteiger partial charge on any atom is 0.225 e. The molecule has 1 aliphatic rings. The van der Waals surface area contributed by atoms with Crippen molar-refractivity contribution in [1.29, 1.82) is 0 Å². The summed E-state index contributed by atoms with van der Waals surface area (Å²) in [6.07, 6.45) is 5.90. The molecule has 0 radical (unpaired) electrons. The number of rotatable bonds is 8. The van der Waals surface area contributed by atoms with E-state index in [0.29, 0.717) is 6.42 Å². The highest BCUT2D eigenvalue weighted by atomic mass is 16.1. The monoisotopic (exact) mass is 409 g/mol. The molecular formula is C24H35N5O. The second-order valence-corrected chi connectivity index (χ2v) is 9.03. The van der Waals surface area contributed by atoms with Crippen LogP contribution in [-0.4, -0.2) is 60.0 Å². The maximum atomic E-state index is 12.1. The molecule has 1 aromatic carbocycles. The van der Waals surface area contributed by atoms with Gasteiger partial charge in [0.15, 0.2) is 0 Å². The van der Waals surface area contributed by atoms with Gasteiger partial charge < -0.3 is 10.2 Å². The number of piperazine rings is 1. The van der Waals surface area contributed by atoms with Gasteiger partial charge in [-0.05, 0) is 42.0 Å². The first-order valence-corrected chi connectivity index (χ1v) is 11.0. The summed E-state index contributed by atoms with van der Waals surface area (Å²) < 4.78 is 0. The maximum absolute atomic E-state index is 12.1. The minimum Gasteiger partial charge on any atom is -0.356 e. The average Bonchev–Trinajstić information content (AvgIpc) is 2.76. The summed E-state index contributed by atoms with van der Waals surface area (Å²) in [6.45, 7) is 12.3. The lowest BCUT2D eigenvalue weighted by Gasteiger charge is -2.34. The SMILES string of the molecule is CC(C)(C)c1ccc(CCC(=O)NCCCN2CCN(c3ncccn3)CC2)cc1. The fraction of sp³-hybridized carbons (Fsp3) is 0.542. The summed E-state index contributed by atoms with van der Waals surface area (Å²) in [7, 11) is 0. The van der Waals surface area contributed by atoms with E-state index in [4.69, 9.17) is 0 Å². The normalized spacial score (nSPS) is 15.2. The number of nitrogens with one attached hydrogen (secondary N) is 1. The number of aromatic nitrogens is 2. The van der Waals surface area contributed by atoms with Gasteiger partial charge in [0, 0.05) is 51.5 Å². The highest BCUT2D eigenvalue weighted by Crippen LogP contribution is 2.22. The molecule has 6 heteroatoms. The van der Waals surface area contributed by atoms with Crippen molar-refractivity contribution >= 4 is 11.9 Å². The Hall–Kier alpha value is -2.47. The van der Waals surface area contributed by atoms with Crippen molar-refractivity contribution < 1.29 is 4.79 Å². The number of benzene rings is 1. The van der Waals surface area contributed by atoms with Crippen LogP contribution in [0.4, 0.5) is 5.95 Å². The zero-order valence-corrected chi connectivity index (χ0v) is 18.6. The van der Waals surface area contributed by atoms with E-state index >= 15 is 0 Å². The zero-order chi connectivity index (χ0) is 21.4. The van der Waals surface area contributed by atoms with Crippen LogP contribution in [0.5, 0.6) is 0 Å². The molecule has 0 aliphatic carbocycles. The van der Waals surface area contributed by atoms with Gasteiger partial charge >= 0.3 is 0 Å². The number of aryl methyl sites for hydroxylation is 1. The zero-order valence-electron chi connectivity index (χ0n) is 18.6. The highest BCUT2D eigenvalue weighted by Gasteiger charge is 2.18. The summed E-state index contributed by atoms with van der Waals surface area (Å²) >= 11 is 0. The van der Waals surface area contributed by atoms with Gasteiger partial charge in [0.25, 0.3) is 0 Å². The Kier molecular flexibility index (Phi) is 7.80. The van der Waals surface area contributed by atoms with Crippen LogP contribution in [0, 0.1) is 0 Å². The lowest BCUT2D eigenvalue weighted by molar-refractivity contribution is -0.121. The van der Waals surface area contributed by atoms with Crippen molar-refractivity contribution in [2.24, 2.45) is 0 Å². The largest absolute Gasteiger partial charge is 0.356 e. The summed E-state index contributed by atoms with van der Waals surface area (Å²) in [6, 6.07) is 10.5. The van der Waals surface area contributed by atoms with Crippen LogP contribution >= 0.6 is 0 Å². The van der Waals surface area contributed by atoms with Crippen LogP contribution < -0.4 is 10.2 Å². The molecule has 0 bridgehead atoms. The predicted octanol–water partition coefficient (Wildman–Crippen LogP) is 3.04. The van der Waals surface area contributed by atoms with Crippen LogP contribution in [0.2, 0.25) is 0 Å². The van der Waals surface area contributed by atoms with Crippen molar-refractivity contribution in [3.8, 4) is 0 Å². The Morgan fingerprint density at radius 1 is 1.03 bits per heavy atom. The van der Waals surface area contributed by atoms with Gasteiger partial charge in [0.1, 0.15) is 0 Å². The Balaban J connectivity index is 1.27. The van der Waals surface area contributed by atoms with Gasteiger partial charge in [0.05, 0.1) is 0 Å². The molecule has 162 valence electrons. The Morgan fingerprint density at radius 2 is 1.70 bits per heavy atom. The second kappa shape index (κ2) is 10.5. The van der Waals surface area contributed by atoms with E-state index in [-0.39, 0.29) is 11.3 Å². The smallest absolute Gasteiger partial charge is 0.225 e. The molecule has 0 unspecified atom stereocenters. The van der Waals surface area contributed by atoms with Crippen LogP contribution in [0.15, 0.2) is 42.7 Å². The predicted molar refractivity (Wildman–Crippen MR) is 122 cm³/mol. The molecule has 6 nitrogen and oxygen atoms in total. The number of hydrogen-bond donors (Lipinski definition) is 1. The van der Waals surface area contributed by atoms with Crippen LogP contribution in [-0.2, 0) is 16.6 Å². The van der Waals surface area contributed by atoms with Crippen LogP contribution in [0.25, 0.3) is 0 Å². The number of carbonyl (C=O) groups is 1. The molecule has 1 aliphatic heterocycles. The van der Waals surface area contributed by atoms with E-state index < -0.39 is 0 Å². The highest BCUT2D eigenvalue weighted by molar-refractivity contribution is 5.76. The first kappa shape index (κ1) is 22.2. The quantitative estimate of drug-likeness (QED) is 0.679. The number of hydrogen-bond acceptors (Lipinski definition) is 5. The van der Waals surface area contributed by atoms with Gasteiger partial charge in [-0.25, -0.2) is 9.97 Å². The summed E-state index contributed by atoms with van der Waals surface area (Å²) in [5.41, 5.74) is 2.71. The minimum absolute atomic E-state index is 0.140. The summed E-state index contributed by atoms with van der Waals surface area (Å²) in [5, 5.41) is 3.07. The van der Waals surface area contributed by atoms with Crippen molar-refractivity contribution in [2.45, 2.75) is 45.4 Å². The minimum atomic E-state index is 0.140. The van der Waals surface area contributed by atoms with Crippen LogP contribution in [0.1, 0.15) is 44.7 Å². The molecule has 1 N–H and O–H groups in total. The number of anilines is 1. The number of nitrogens with zero attached hydrogens (tertiary/aromatic N) is 4. The van der Waals surface area contributed by atoms with Gasteiger partial charge in [0.2, 0.25) is 11.9 Å². The number of amides is 1. The van der Waals surface area contributed by atoms with E-state index in [9.17, 15) is 4.79 Å². The van der Waals surface area contributed by atoms with Gasteiger partial charge in [-0.3, -0.25) is 9.69 Å². The van der Waals surface area contributed by atoms with Gasteiger partial charge in [-0.2, -0.15) is 0 Å². The molecule has 0 saturated carbocycles. The van der Waals surface area contributed by atoms with Crippen molar-refractivity contribution in [1.82, 2.24) is 20.2 Å². The van der Waals surface area contributed by atoms with Crippen molar-refractivity contribution in [2.75, 3.05) is 44.2 Å². The number of carbonyl (C=O) groups excluding carboxylic acids is 1. The molecule has 30 heavy (non-hydrogen) atoms. The van der Waals surface area contributed by atoms with E-state index in [0.717, 1.165) is 58.1 Å².